The molecule has 0 atom stereocenters. The molecular formula is C20H37IN4O2. The second-order valence-electron chi connectivity index (χ2n) is 6.93. The molecule has 0 fully saturated rings. The van der Waals surface area contributed by atoms with E-state index in [4.69, 9.17) is 9.47 Å². The Labute approximate surface area is 182 Å². The van der Waals surface area contributed by atoms with Crippen LogP contribution < -0.4 is 15.4 Å². The highest BCUT2D eigenvalue weighted by molar-refractivity contribution is 14.0. The third-order valence-electron chi connectivity index (χ3n) is 3.65. The van der Waals surface area contributed by atoms with E-state index in [1.807, 2.05) is 32.3 Å². The van der Waals surface area contributed by atoms with E-state index in [1.165, 1.54) is 0 Å². The molecule has 0 bridgehead atoms. The van der Waals surface area contributed by atoms with Crippen LogP contribution in [-0.2, 0) is 11.3 Å². The largest absolute Gasteiger partial charge is 0.492 e. The molecule has 0 heterocycles. The smallest absolute Gasteiger partial charge is 0.191 e. The zero-order chi connectivity index (χ0) is 19.2. The second-order valence-corrected chi connectivity index (χ2v) is 6.93. The number of likely N-dealkylation sites (N-methyl/N-ethyl adjacent to an activating group) is 1. The molecule has 0 aliphatic rings. The van der Waals surface area contributed by atoms with Gasteiger partial charge in [-0.2, -0.15) is 0 Å². The lowest BCUT2D eigenvalue weighted by Crippen LogP contribution is -2.37. The normalized spacial score (nSPS) is 11.4. The van der Waals surface area contributed by atoms with Crippen LogP contribution in [0.3, 0.4) is 0 Å². The lowest BCUT2D eigenvalue weighted by Gasteiger charge is -2.16. The summed E-state index contributed by atoms with van der Waals surface area (Å²) >= 11 is 0. The van der Waals surface area contributed by atoms with Gasteiger partial charge in [0.1, 0.15) is 12.4 Å². The summed E-state index contributed by atoms with van der Waals surface area (Å²) < 4.78 is 11.5. The maximum Gasteiger partial charge on any atom is 0.191 e. The van der Waals surface area contributed by atoms with Crippen LogP contribution in [0.4, 0.5) is 0 Å². The number of benzene rings is 1. The van der Waals surface area contributed by atoms with Crippen molar-refractivity contribution < 1.29 is 9.47 Å². The summed E-state index contributed by atoms with van der Waals surface area (Å²) in [6, 6.07) is 8.11. The lowest BCUT2D eigenvalue weighted by molar-refractivity contribution is 0.108. The van der Waals surface area contributed by atoms with Crippen LogP contribution >= 0.6 is 24.0 Å². The van der Waals surface area contributed by atoms with Gasteiger partial charge in [0.2, 0.25) is 0 Å². The number of aliphatic imine (C=N–C) groups is 1. The molecule has 27 heavy (non-hydrogen) atoms. The molecule has 0 amide bonds. The summed E-state index contributed by atoms with van der Waals surface area (Å²) in [5.74, 6) is 2.29. The molecular weight excluding hydrogens is 455 g/mol. The Morgan fingerprint density at radius 2 is 1.89 bits per heavy atom. The molecule has 0 saturated heterocycles. The third-order valence-corrected chi connectivity index (χ3v) is 3.65. The second kappa shape index (κ2) is 15.9. The molecule has 0 unspecified atom stereocenters. The minimum atomic E-state index is 0. The number of nitrogens with zero attached hydrogens (tertiary/aromatic N) is 2. The molecule has 6 nitrogen and oxygen atoms in total. The minimum absolute atomic E-state index is 0. The van der Waals surface area contributed by atoms with Crippen molar-refractivity contribution >= 4 is 29.9 Å². The summed E-state index contributed by atoms with van der Waals surface area (Å²) in [7, 11) is 5.87. The first-order valence-corrected chi connectivity index (χ1v) is 9.40. The zero-order valence-corrected chi connectivity index (χ0v) is 19.8. The Morgan fingerprint density at radius 1 is 1.15 bits per heavy atom. The van der Waals surface area contributed by atoms with Crippen LogP contribution in [0.2, 0.25) is 0 Å². The maximum atomic E-state index is 5.90. The SMILES string of the molecule is CN=C(NCCCOCC(C)C)NCc1ccccc1OCCN(C)C.I. The van der Waals surface area contributed by atoms with Crippen LogP contribution in [0.15, 0.2) is 29.3 Å². The lowest BCUT2D eigenvalue weighted by atomic mass is 10.2. The Balaban J connectivity index is 0.00000676. The molecule has 1 aromatic carbocycles. The van der Waals surface area contributed by atoms with Gasteiger partial charge in [-0.1, -0.05) is 32.0 Å². The van der Waals surface area contributed by atoms with Crippen molar-refractivity contribution in [1.29, 1.82) is 0 Å². The molecule has 7 heteroatoms. The molecule has 0 aromatic heterocycles. The topological polar surface area (TPSA) is 58.1 Å². The molecule has 1 aromatic rings. The molecule has 156 valence electrons. The first kappa shape index (κ1) is 25.9. The first-order chi connectivity index (χ1) is 12.5. The first-order valence-electron chi connectivity index (χ1n) is 9.40. The number of hydrogen-bond acceptors (Lipinski definition) is 4. The maximum absolute atomic E-state index is 5.90. The van der Waals surface area contributed by atoms with Gasteiger partial charge in [0.05, 0.1) is 0 Å². The highest BCUT2D eigenvalue weighted by Crippen LogP contribution is 2.17. The van der Waals surface area contributed by atoms with Crippen LogP contribution in [0.1, 0.15) is 25.8 Å². The van der Waals surface area contributed by atoms with E-state index in [-0.39, 0.29) is 24.0 Å². The average molecular weight is 492 g/mol. The molecule has 0 spiro atoms. The van der Waals surface area contributed by atoms with E-state index in [1.54, 1.807) is 7.05 Å². The van der Waals surface area contributed by atoms with E-state index in [0.29, 0.717) is 19.1 Å². The predicted octanol–water partition coefficient (Wildman–Crippen LogP) is 2.97. The van der Waals surface area contributed by atoms with E-state index in [2.05, 4.69) is 40.4 Å². The Morgan fingerprint density at radius 3 is 2.56 bits per heavy atom. The van der Waals surface area contributed by atoms with Crippen LogP contribution in [0.5, 0.6) is 5.75 Å². The molecule has 0 aliphatic carbocycles. The van der Waals surface area contributed by atoms with E-state index >= 15 is 0 Å². The number of guanidine groups is 1. The minimum Gasteiger partial charge on any atom is -0.492 e. The predicted molar refractivity (Wildman–Crippen MR) is 124 cm³/mol. The Hall–Kier alpha value is -1.06. The third kappa shape index (κ3) is 12.9. The van der Waals surface area contributed by atoms with E-state index in [9.17, 15) is 0 Å². The van der Waals surface area contributed by atoms with Crippen molar-refractivity contribution in [2.24, 2.45) is 10.9 Å². The quantitative estimate of drug-likeness (QED) is 0.203. The summed E-state index contributed by atoms with van der Waals surface area (Å²) in [6.45, 7) is 8.97. The fourth-order valence-corrected chi connectivity index (χ4v) is 2.23. The highest BCUT2D eigenvalue weighted by atomic mass is 127. The van der Waals surface area contributed by atoms with E-state index in [0.717, 1.165) is 50.0 Å². The number of halogens is 1. The van der Waals surface area contributed by atoms with Gasteiger partial charge in [0, 0.05) is 45.5 Å². The van der Waals surface area contributed by atoms with Gasteiger partial charge < -0.3 is 25.0 Å². The van der Waals surface area contributed by atoms with Gasteiger partial charge in [0.25, 0.3) is 0 Å². The standard InChI is InChI=1S/C20H36N4O2.HI/c1-17(2)16-25-13-8-11-22-20(21-3)23-15-18-9-6-7-10-19(18)26-14-12-24(4)5;/h6-7,9-10,17H,8,11-16H2,1-5H3,(H2,21,22,23);1H. The number of rotatable bonds is 12. The van der Waals surface area contributed by atoms with E-state index < -0.39 is 0 Å². The van der Waals surface area contributed by atoms with Gasteiger partial charge in [-0.05, 0) is 32.5 Å². The zero-order valence-electron chi connectivity index (χ0n) is 17.5. The Bertz CT molecular complexity index is 524. The van der Waals surface area contributed by atoms with Crippen LogP contribution in [0.25, 0.3) is 0 Å². The highest BCUT2D eigenvalue weighted by Gasteiger charge is 2.05. The van der Waals surface area contributed by atoms with Crippen molar-refractivity contribution in [1.82, 2.24) is 15.5 Å². The number of para-hydroxylation sites is 1. The Kier molecular flexibility index (Phi) is 15.3. The van der Waals surface area contributed by atoms with Gasteiger partial charge in [0.15, 0.2) is 5.96 Å². The van der Waals surface area contributed by atoms with Crippen molar-refractivity contribution in [3.8, 4) is 5.75 Å². The van der Waals surface area contributed by atoms with Crippen molar-refractivity contribution in [3.63, 3.8) is 0 Å². The van der Waals surface area contributed by atoms with Crippen LogP contribution in [-0.4, -0.2) is 64.9 Å². The fourth-order valence-electron chi connectivity index (χ4n) is 2.23. The van der Waals surface area contributed by atoms with Crippen molar-refractivity contribution in [3.05, 3.63) is 29.8 Å². The molecule has 2 N–H and O–H groups in total. The fraction of sp³-hybridized carbons (Fsp3) is 0.650. The van der Waals surface area contributed by atoms with Crippen molar-refractivity contribution in [2.45, 2.75) is 26.8 Å². The molecule has 0 saturated carbocycles. The van der Waals surface area contributed by atoms with Crippen LogP contribution in [0, 0.1) is 5.92 Å². The van der Waals surface area contributed by atoms with Gasteiger partial charge in [-0.15, -0.1) is 24.0 Å². The van der Waals surface area contributed by atoms with Gasteiger partial charge >= 0.3 is 0 Å². The number of nitrogens with one attached hydrogen (secondary N) is 2. The summed E-state index contributed by atoms with van der Waals surface area (Å²) in [5, 5.41) is 6.66. The molecule has 0 radical (unpaired) electrons. The number of hydrogen-bond donors (Lipinski definition) is 2. The average Bonchev–Trinajstić information content (AvgIpc) is 2.61. The summed E-state index contributed by atoms with van der Waals surface area (Å²) in [6.07, 6.45) is 0.956. The van der Waals surface area contributed by atoms with Gasteiger partial charge in [-0.3, -0.25) is 4.99 Å². The summed E-state index contributed by atoms with van der Waals surface area (Å²) in [4.78, 5) is 6.38. The molecule has 0 aliphatic heterocycles. The molecule has 1 rings (SSSR count). The summed E-state index contributed by atoms with van der Waals surface area (Å²) in [5.41, 5.74) is 1.12. The number of ether oxygens (including phenoxy) is 2. The van der Waals surface area contributed by atoms with Gasteiger partial charge in [-0.25, -0.2) is 0 Å². The van der Waals surface area contributed by atoms with Crippen molar-refractivity contribution in [2.75, 3.05) is 54.1 Å². The monoisotopic (exact) mass is 492 g/mol.